The largest absolute Gasteiger partial charge is 0.192 e. The predicted molar refractivity (Wildman–Crippen MR) is 96.0 cm³/mol. The highest BCUT2D eigenvalue weighted by atomic mass is 14.2. The molecule has 0 unspecified atom stereocenters. The van der Waals surface area contributed by atoms with Crippen molar-refractivity contribution in [2.45, 2.75) is 19.8 Å². The van der Waals surface area contributed by atoms with Crippen LogP contribution in [0, 0.1) is 11.3 Å². The van der Waals surface area contributed by atoms with Crippen molar-refractivity contribution in [1.82, 2.24) is 0 Å². The fourth-order valence-corrected chi connectivity index (χ4v) is 2.86. The maximum absolute atomic E-state index is 9.22. The van der Waals surface area contributed by atoms with E-state index < -0.39 is 0 Å². The molecule has 3 aromatic rings. The van der Waals surface area contributed by atoms with E-state index in [0.717, 1.165) is 24.0 Å². The van der Waals surface area contributed by atoms with Gasteiger partial charge in [-0.15, -0.1) is 0 Å². The molecule has 0 amide bonds. The Balaban J connectivity index is 2.10. The van der Waals surface area contributed by atoms with Gasteiger partial charge in [-0.25, -0.2) is 0 Å². The standard InChI is InChI=1S/C22H19N/c1-2-6-17-9-12-20(13-10-17)21-14-11-18(16-23)15-22(21)19-7-4-3-5-8-19/h3-5,7-15H,2,6H2,1H3. The van der Waals surface area contributed by atoms with E-state index in [-0.39, 0.29) is 0 Å². The van der Waals surface area contributed by atoms with Gasteiger partial charge in [0.05, 0.1) is 11.6 Å². The molecule has 0 aliphatic rings. The Labute approximate surface area is 137 Å². The first-order chi connectivity index (χ1) is 11.3. The molecular formula is C22H19N. The highest BCUT2D eigenvalue weighted by Gasteiger charge is 2.08. The Morgan fingerprint density at radius 2 is 1.48 bits per heavy atom. The lowest BCUT2D eigenvalue weighted by atomic mass is 9.92. The Kier molecular flexibility index (Phi) is 4.54. The molecule has 0 aliphatic heterocycles. The first-order valence-corrected chi connectivity index (χ1v) is 8.00. The Morgan fingerprint density at radius 3 is 2.13 bits per heavy atom. The van der Waals surface area contributed by atoms with Crippen molar-refractivity contribution in [3.63, 3.8) is 0 Å². The molecule has 0 saturated heterocycles. The first-order valence-electron chi connectivity index (χ1n) is 8.00. The molecule has 0 aliphatic carbocycles. The Hall–Kier alpha value is -2.85. The lowest BCUT2D eigenvalue weighted by Crippen LogP contribution is -1.88. The van der Waals surface area contributed by atoms with Crippen LogP contribution in [0.2, 0.25) is 0 Å². The van der Waals surface area contributed by atoms with Crippen LogP contribution in [0.3, 0.4) is 0 Å². The monoisotopic (exact) mass is 297 g/mol. The number of nitriles is 1. The minimum absolute atomic E-state index is 0.690. The number of hydrogen-bond donors (Lipinski definition) is 0. The molecule has 0 aromatic heterocycles. The maximum atomic E-state index is 9.22. The van der Waals surface area contributed by atoms with E-state index in [1.54, 1.807) is 0 Å². The van der Waals surface area contributed by atoms with Crippen LogP contribution < -0.4 is 0 Å². The van der Waals surface area contributed by atoms with Crippen molar-refractivity contribution < 1.29 is 0 Å². The van der Waals surface area contributed by atoms with E-state index in [9.17, 15) is 5.26 Å². The first kappa shape index (κ1) is 15.1. The fraction of sp³-hybridized carbons (Fsp3) is 0.136. The summed E-state index contributed by atoms with van der Waals surface area (Å²) in [4.78, 5) is 0. The summed E-state index contributed by atoms with van der Waals surface area (Å²) in [5, 5.41) is 9.22. The summed E-state index contributed by atoms with van der Waals surface area (Å²) in [6.07, 6.45) is 2.27. The van der Waals surface area contributed by atoms with Crippen LogP contribution in [0.4, 0.5) is 0 Å². The smallest absolute Gasteiger partial charge is 0.0991 e. The van der Waals surface area contributed by atoms with Crippen LogP contribution in [0.25, 0.3) is 22.3 Å². The summed E-state index contributed by atoms with van der Waals surface area (Å²) >= 11 is 0. The van der Waals surface area contributed by atoms with Crippen LogP contribution in [0.15, 0.2) is 72.8 Å². The van der Waals surface area contributed by atoms with Gasteiger partial charge in [0.1, 0.15) is 0 Å². The molecule has 0 fully saturated rings. The highest BCUT2D eigenvalue weighted by Crippen LogP contribution is 2.33. The predicted octanol–water partition coefficient (Wildman–Crippen LogP) is 5.84. The normalized spacial score (nSPS) is 10.3. The van der Waals surface area contributed by atoms with Crippen LogP contribution in [0.5, 0.6) is 0 Å². The van der Waals surface area contributed by atoms with Crippen molar-refractivity contribution in [2.75, 3.05) is 0 Å². The molecule has 0 radical (unpaired) electrons. The Morgan fingerprint density at radius 1 is 0.783 bits per heavy atom. The van der Waals surface area contributed by atoms with Gasteiger partial charge < -0.3 is 0 Å². The van der Waals surface area contributed by atoms with Gasteiger partial charge in [-0.3, -0.25) is 0 Å². The molecule has 0 saturated carbocycles. The minimum Gasteiger partial charge on any atom is -0.192 e. The summed E-state index contributed by atoms with van der Waals surface area (Å²) in [5.74, 6) is 0. The third-order valence-corrected chi connectivity index (χ3v) is 4.04. The van der Waals surface area contributed by atoms with E-state index in [1.165, 1.54) is 16.7 Å². The van der Waals surface area contributed by atoms with Crippen LogP contribution in [-0.2, 0) is 6.42 Å². The van der Waals surface area contributed by atoms with Gasteiger partial charge in [-0.05, 0) is 46.4 Å². The molecule has 0 spiro atoms. The van der Waals surface area contributed by atoms with Crippen LogP contribution in [-0.4, -0.2) is 0 Å². The van der Waals surface area contributed by atoms with E-state index in [4.69, 9.17) is 0 Å². The Bertz CT molecular complexity index is 824. The zero-order valence-electron chi connectivity index (χ0n) is 13.3. The molecule has 1 heteroatoms. The molecule has 0 atom stereocenters. The van der Waals surface area contributed by atoms with E-state index in [2.05, 4.69) is 55.5 Å². The second-order valence-electron chi connectivity index (χ2n) is 5.69. The third-order valence-electron chi connectivity index (χ3n) is 4.04. The molecule has 112 valence electrons. The maximum Gasteiger partial charge on any atom is 0.0991 e. The van der Waals surface area contributed by atoms with Crippen LogP contribution >= 0.6 is 0 Å². The van der Waals surface area contributed by atoms with Gasteiger partial charge in [0.15, 0.2) is 0 Å². The van der Waals surface area contributed by atoms with Crippen molar-refractivity contribution in [3.05, 3.63) is 83.9 Å². The van der Waals surface area contributed by atoms with Gasteiger partial charge in [0.2, 0.25) is 0 Å². The summed E-state index contributed by atoms with van der Waals surface area (Å²) < 4.78 is 0. The quantitative estimate of drug-likeness (QED) is 0.593. The highest BCUT2D eigenvalue weighted by molar-refractivity contribution is 5.84. The second kappa shape index (κ2) is 6.94. The molecule has 3 aromatic carbocycles. The summed E-state index contributed by atoms with van der Waals surface area (Å²) in [7, 11) is 0. The molecule has 3 rings (SSSR count). The molecule has 23 heavy (non-hydrogen) atoms. The minimum atomic E-state index is 0.690. The SMILES string of the molecule is CCCc1ccc(-c2ccc(C#N)cc2-c2ccccc2)cc1. The average molecular weight is 297 g/mol. The zero-order chi connectivity index (χ0) is 16.1. The van der Waals surface area contributed by atoms with Crippen molar-refractivity contribution in [2.24, 2.45) is 0 Å². The second-order valence-corrected chi connectivity index (χ2v) is 5.69. The fourth-order valence-electron chi connectivity index (χ4n) is 2.86. The average Bonchev–Trinajstić information content (AvgIpc) is 2.63. The number of nitrogens with zero attached hydrogens (tertiary/aromatic N) is 1. The number of benzene rings is 3. The molecule has 0 N–H and O–H groups in total. The third kappa shape index (κ3) is 3.33. The van der Waals surface area contributed by atoms with Gasteiger partial charge in [0.25, 0.3) is 0 Å². The van der Waals surface area contributed by atoms with Crippen molar-refractivity contribution in [3.8, 4) is 28.3 Å². The van der Waals surface area contributed by atoms with E-state index in [1.807, 2.05) is 30.3 Å². The molecule has 0 heterocycles. The van der Waals surface area contributed by atoms with E-state index in [0.29, 0.717) is 5.56 Å². The topological polar surface area (TPSA) is 23.8 Å². The van der Waals surface area contributed by atoms with Gasteiger partial charge in [-0.2, -0.15) is 5.26 Å². The lowest BCUT2D eigenvalue weighted by Gasteiger charge is -2.11. The number of rotatable bonds is 4. The lowest BCUT2D eigenvalue weighted by molar-refractivity contribution is 0.922. The number of hydrogen-bond acceptors (Lipinski definition) is 1. The molecular weight excluding hydrogens is 278 g/mol. The summed E-state index contributed by atoms with van der Waals surface area (Å²) in [6, 6.07) is 27.2. The molecule has 0 bridgehead atoms. The summed E-state index contributed by atoms with van der Waals surface area (Å²) in [6.45, 7) is 2.20. The summed E-state index contributed by atoms with van der Waals surface area (Å²) in [5.41, 5.74) is 6.65. The van der Waals surface area contributed by atoms with Crippen LogP contribution in [0.1, 0.15) is 24.5 Å². The van der Waals surface area contributed by atoms with Gasteiger partial charge in [0, 0.05) is 0 Å². The van der Waals surface area contributed by atoms with Gasteiger partial charge >= 0.3 is 0 Å². The molecule has 1 nitrogen and oxygen atoms in total. The zero-order valence-corrected chi connectivity index (χ0v) is 13.3. The van der Waals surface area contributed by atoms with E-state index >= 15 is 0 Å². The van der Waals surface area contributed by atoms with Crippen molar-refractivity contribution >= 4 is 0 Å². The van der Waals surface area contributed by atoms with Crippen molar-refractivity contribution in [1.29, 1.82) is 5.26 Å². The number of aryl methyl sites for hydroxylation is 1. The van der Waals surface area contributed by atoms with Gasteiger partial charge in [-0.1, -0.05) is 74.0 Å².